The molecule has 1 amide bonds. The number of carbonyl (C=O) groups is 1. The van der Waals surface area contributed by atoms with Gasteiger partial charge in [-0.2, -0.15) is 17.7 Å². The predicted octanol–water partition coefficient (Wildman–Crippen LogP) is 5.33. The highest BCUT2D eigenvalue weighted by Gasteiger charge is 2.30. The molecule has 1 N–H and O–H groups in total. The minimum absolute atomic E-state index is 0.0495. The van der Waals surface area contributed by atoms with Gasteiger partial charge in [-0.25, -0.2) is 0 Å². The molecule has 1 atom stereocenters. The standard InChI is InChI=1S/C30H31N3O3S/c1-21(2)33(19-26(37)27(23-14-8-4-9-15-23)24-16-10-5-11-17-24)30(35)28-29(34)25(18-31-32-28)36-20-22-12-6-3-7-13-22/h3-18,21,26-27,37H,19-20H2,1-2H3,(H,31,34)/t26-/m0/s1. The Morgan fingerprint density at radius 2 is 1.46 bits per heavy atom. The Hall–Kier alpha value is -3.84. The van der Waals surface area contributed by atoms with Gasteiger partial charge in [0, 0.05) is 23.8 Å². The quantitative estimate of drug-likeness (QED) is 0.281. The van der Waals surface area contributed by atoms with Gasteiger partial charge in [0.2, 0.25) is 0 Å². The normalized spacial score (nSPS) is 11.9. The zero-order valence-electron chi connectivity index (χ0n) is 21.0. The number of carbonyl (C=O) groups excluding carboxylic acids is 1. The van der Waals surface area contributed by atoms with Gasteiger partial charge in [0.1, 0.15) is 6.61 Å². The summed E-state index contributed by atoms with van der Waals surface area (Å²) in [6, 6.07) is 29.6. The molecular weight excluding hydrogens is 482 g/mol. The first-order valence-electron chi connectivity index (χ1n) is 12.3. The Bertz CT molecular complexity index is 1310. The zero-order chi connectivity index (χ0) is 26.2. The van der Waals surface area contributed by atoms with E-state index in [4.69, 9.17) is 17.4 Å². The van der Waals surface area contributed by atoms with E-state index < -0.39 is 11.3 Å². The zero-order valence-corrected chi connectivity index (χ0v) is 21.8. The largest absolute Gasteiger partial charge is 0.483 e. The molecule has 0 aliphatic rings. The number of ether oxygens (including phenoxy) is 1. The van der Waals surface area contributed by atoms with E-state index >= 15 is 0 Å². The topological polar surface area (TPSA) is 75.3 Å². The minimum atomic E-state index is -0.538. The van der Waals surface area contributed by atoms with Crippen LogP contribution >= 0.6 is 12.6 Å². The molecule has 37 heavy (non-hydrogen) atoms. The summed E-state index contributed by atoms with van der Waals surface area (Å²) in [4.78, 5) is 28.4. The van der Waals surface area contributed by atoms with E-state index in [-0.39, 0.29) is 35.3 Å². The van der Waals surface area contributed by atoms with E-state index in [2.05, 4.69) is 34.5 Å². The Balaban J connectivity index is 1.58. The van der Waals surface area contributed by atoms with Crippen LogP contribution in [0.25, 0.3) is 0 Å². The van der Waals surface area contributed by atoms with Crippen molar-refractivity contribution in [3.8, 4) is 5.75 Å². The van der Waals surface area contributed by atoms with Crippen LogP contribution in [0.4, 0.5) is 0 Å². The second-order valence-electron chi connectivity index (χ2n) is 9.12. The number of rotatable bonds is 10. The highest BCUT2D eigenvalue weighted by molar-refractivity contribution is 7.81. The van der Waals surface area contributed by atoms with Gasteiger partial charge in [-0.15, -0.1) is 0 Å². The highest BCUT2D eigenvalue weighted by Crippen LogP contribution is 2.32. The molecule has 0 saturated carbocycles. The summed E-state index contributed by atoms with van der Waals surface area (Å²) in [6.45, 7) is 4.37. The van der Waals surface area contributed by atoms with Crippen LogP contribution in [0.2, 0.25) is 0 Å². The molecule has 0 radical (unpaired) electrons. The third-order valence-electron chi connectivity index (χ3n) is 6.22. The minimum Gasteiger partial charge on any atom is -0.483 e. The van der Waals surface area contributed by atoms with Crippen molar-refractivity contribution in [2.45, 2.75) is 37.7 Å². The third-order valence-corrected chi connectivity index (χ3v) is 6.68. The molecule has 3 aromatic carbocycles. The molecule has 0 aliphatic carbocycles. The fraction of sp³-hybridized carbons (Fsp3) is 0.233. The molecule has 0 fully saturated rings. The van der Waals surface area contributed by atoms with Crippen molar-refractivity contribution in [3.63, 3.8) is 0 Å². The van der Waals surface area contributed by atoms with Gasteiger partial charge < -0.3 is 9.64 Å². The van der Waals surface area contributed by atoms with Crippen molar-refractivity contribution >= 4 is 18.5 Å². The van der Waals surface area contributed by atoms with Gasteiger partial charge in [-0.05, 0) is 30.5 Å². The maximum absolute atomic E-state index is 13.6. The lowest BCUT2D eigenvalue weighted by Crippen LogP contribution is -2.44. The van der Waals surface area contributed by atoms with Crippen LogP contribution in [0.3, 0.4) is 0 Å². The van der Waals surface area contributed by atoms with Crippen molar-refractivity contribution in [1.82, 2.24) is 15.1 Å². The molecule has 4 rings (SSSR count). The molecule has 0 aliphatic heterocycles. The van der Waals surface area contributed by atoms with Gasteiger partial charge in [-0.1, -0.05) is 91.0 Å². The van der Waals surface area contributed by atoms with Crippen molar-refractivity contribution in [2.75, 3.05) is 6.54 Å². The van der Waals surface area contributed by atoms with Crippen LogP contribution in [0.15, 0.2) is 102 Å². The Labute approximate surface area is 222 Å². The van der Waals surface area contributed by atoms with Crippen molar-refractivity contribution < 1.29 is 9.53 Å². The van der Waals surface area contributed by atoms with Crippen LogP contribution in [0, 0.1) is 0 Å². The summed E-state index contributed by atoms with van der Waals surface area (Å²) in [5, 5.41) is 6.47. The number of hydrogen-bond donors (Lipinski definition) is 2. The van der Waals surface area contributed by atoms with Gasteiger partial charge >= 0.3 is 0 Å². The molecule has 0 saturated heterocycles. The number of nitrogens with one attached hydrogen (secondary N) is 1. The second kappa shape index (κ2) is 12.4. The lowest BCUT2D eigenvalue weighted by atomic mass is 9.88. The van der Waals surface area contributed by atoms with Crippen molar-refractivity contribution in [2.24, 2.45) is 0 Å². The molecule has 7 heteroatoms. The summed E-state index contributed by atoms with van der Waals surface area (Å²) < 4.78 is 5.72. The highest BCUT2D eigenvalue weighted by atomic mass is 32.1. The Morgan fingerprint density at radius 1 is 0.919 bits per heavy atom. The third kappa shape index (κ3) is 6.49. The van der Waals surface area contributed by atoms with E-state index in [0.717, 1.165) is 16.7 Å². The SMILES string of the molecule is CC(C)N(C[C@H](S)C(c1ccccc1)c1ccccc1)C(=O)c1n[nH]cc(OCc2ccccc2)c1=O. The second-order valence-corrected chi connectivity index (χ2v) is 9.78. The van der Waals surface area contributed by atoms with Gasteiger partial charge in [0.25, 0.3) is 11.3 Å². The number of amides is 1. The van der Waals surface area contributed by atoms with Crippen LogP contribution in [0.1, 0.15) is 46.9 Å². The fourth-order valence-electron chi connectivity index (χ4n) is 4.30. The summed E-state index contributed by atoms with van der Waals surface area (Å²) in [5.74, 6) is -0.452. The van der Waals surface area contributed by atoms with Crippen LogP contribution in [-0.4, -0.2) is 38.8 Å². The summed E-state index contributed by atoms with van der Waals surface area (Å²) in [5.41, 5.74) is 2.40. The molecule has 4 aromatic rings. The molecule has 0 unspecified atom stereocenters. The number of nitrogens with zero attached hydrogens (tertiary/aromatic N) is 2. The average molecular weight is 514 g/mol. The first-order valence-corrected chi connectivity index (χ1v) is 12.8. The maximum atomic E-state index is 13.6. The number of aromatic nitrogens is 2. The van der Waals surface area contributed by atoms with Gasteiger partial charge in [0.05, 0.1) is 6.20 Å². The van der Waals surface area contributed by atoms with Gasteiger partial charge in [0.15, 0.2) is 11.4 Å². The number of thiol groups is 1. The first-order chi connectivity index (χ1) is 18.0. The predicted molar refractivity (Wildman–Crippen MR) is 149 cm³/mol. The molecule has 0 spiro atoms. The maximum Gasteiger partial charge on any atom is 0.278 e. The molecule has 6 nitrogen and oxygen atoms in total. The summed E-state index contributed by atoms with van der Waals surface area (Å²) in [6.07, 6.45) is 1.38. The molecule has 1 heterocycles. The smallest absolute Gasteiger partial charge is 0.278 e. The van der Waals surface area contributed by atoms with Crippen LogP contribution < -0.4 is 10.2 Å². The van der Waals surface area contributed by atoms with E-state index in [0.29, 0.717) is 6.54 Å². The number of hydrogen-bond acceptors (Lipinski definition) is 5. The van der Waals surface area contributed by atoms with Crippen LogP contribution in [-0.2, 0) is 6.61 Å². The van der Waals surface area contributed by atoms with E-state index in [1.807, 2.05) is 80.6 Å². The number of benzene rings is 3. The van der Waals surface area contributed by atoms with Gasteiger partial charge in [-0.3, -0.25) is 14.7 Å². The lowest BCUT2D eigenvalue weighted by Gasteiger charge is -2.32. The average Bonchev–Trinajstić information content (AvgIpc) is 2.92. The Kier molecular flexibility index (Phi) is 8.80. The molecule has 1 aromatic heterocycles. The van der Waals surface area contributed by atoms with E-state index in [1.54, 1.807) is 4.90 Å². The Morgan fingerprint density at radius 3 is 2.00 bits per heavy atom. The van der Waals surface area contributed by atoms with Crippen molar-refractivity contribution in [3.05, 3.63) is 130 Å². The fourth-order valence-corrected chi connectivity index (χ4v) is 4.82. The van der Waals surface area contributed by atoms with E-state index in [9.17, 15) is 9.59 Å². The summed E-state index contributed by atoms with van der Waals surface area (Å²) in [7, 11) is 0. The monoisotopic (exact) mass is 513 g/mol. The van der Waals surface area contributed by atoms with E-state index in [1.165, 1.54) is 6.20 Å². The molecule has 0 bridgehead atoms. The lowest BCUT2D eigenvalue weighted by molar-refractivity contribution is 0.0695. The van der Waals surface area contributed by atoms with Crippen LogP contribution in [0.5, 0.6) is 5.75 Å². The molecular formula is C30H31N3O3S. The number of aromatic amines is 1. The number of H-pyrrole nitrogens is 1. The molecule has 190 valence electrons. The van der Waals surface area contributed by atoms with Crippen molar-refractivity contribution in [1.29, 1.82) is 0 Å². The first kappa shape index (κ1) is 26.2. The summed E-state index contributed by atoms with van der Waals surface area (Å²) >= 11 is 4.98.